The SMILES string of the molecule is CC1(C)C(=O)N(Cc2ccccc2Br)C1C1=CCCCC1. The zero-order valence-electron chi connectivity index (χ0n) is 12.7. The number of hydrogen-bond acceptors (Lipinski definition) is 1. The number of hydrogen-bond donors (Lipinski definition) is 0. The summed E-state index contributed by atoms with van der Waals surface area (Å²) in [6.07, 6.45) is 7.23. The van der Waals surface area contributed by atoms with Crippen LogP contribution in [0.2, 0.25) is 0 Å². The minimum absolute atomic E-state index is 0.246. The average molecular weight is 348 g/mol. The van der Waals surface area contributed by atoms with E-state index in [1.54, 1.807) is 0 Å². The van der Waals surface area contributed by atoms with Gasteiger partial charge in [-0.05, 0) is 51.2 Å². The van der Waals surface area contributed by atoms with E-state index in [9.17, 15) is 4.79 Å². The van der Waals surface area contributed by atoms with Gasteiger partial charge in [-0.3, -0.25) is 4.79 Å². The molecule has 1 aromatic carbocycles. The van der Waals surface area contributed by atoms with Gasteiger partial charge in [0.2, 0.25) is 5.91 Å². The first-order valence-corrected chi connectivity index (χ1v) is 8.54. The third-order valence-electron chi connectivity index (χ3n) is 4.78. The predicted octanol–water partition coefficient (Wildman–Crippen LogP) is 4.69. The topological polar surface area (TPSA) is 20.3 Å². The summed E-state index contributed by atoms with van der Waals surface area (Å²) >= 11 is 3.59. The summed E-state index contributed by atoms with van der Waals surface area (Å²) in [5.41, 5.74) is 2.41. The molecular formula is C18H22BrNO. The largest absolute Gasteiger partial charge is 0.330 e. The van der Waals surface area contributed by atoms with Crippen molar-refractivity contribution in [2.24, 2.45) is 5.41 Å². The molecule has 0 aromatic heterocycles. The number of likely N-dealkylation sites (tertiary alicyclic amines) is 1. The molecule has 1 atom stereocenters. The van der Waals surface area contributed by atoms with Crippen molar-refractivity contribution >= 4 is 21.8 Å². The Morgan fingerprint density at radius 2 is 2.05 bits per heavy atom. The smallest absolute Gasteiger partial charge is 0.231 e. The number of rotatable bonds is 3. The fraction of sp³-hybridized carbons (Fsp3) is 0.500. The van der Waals surface area contributed by atoms with E-state index >= 15 is 0 Å². The zero-order valence-corrected chi connectivity index (χ0v) is 14.3. The van der Waals surface area contributed by atoms with Gasteiger partial charge in [-0.2, -0.15) is 0 Å². The molecule has 1 aliphatic carbocycles. The second kappa shape index (κ2) is 5.60. The molecule has 0 spiro atoms. The van der Waals surface area contributed by atoms with Gasteiger partial charge in [-0.1, -0.05) is 45.8 Å². The maximum atomic E-state index is 12.5. The van der Waals surface area contributed by atoms with Crippen LogP contribution in [0, 0.1) is 5.41 Å². The molecule has 3 heteroatoms. The fourth-order valence-corrected chi connectivity index (χ4v) is 4.09. The van der Waals surface area contributed by atoms with Crippen LogP contribution >= 0.6 is 15.9 Å². The Bertz CT molecular complexity index is 591. The minimum Gasteiger partial charge on any atom is -0.330 e. The third kappa shape index (κ3) is 2.57. The molecule has 1 aliphatic heterocycles. The van der Waals surface area contributed by atoms with Crippen LogP contribution in [0.4, 0.5) is 0 Å². The van der Waals surface area contributed by atoms with Crippen molar-refractivity contribution in [1.29, 1.82) is 0 Å². The Kier molecular flexibility index (Phi) is 3.96. The highest BCUT2D eigenvalue weighted by molar-refractivity contribution is 9.10. The van der Waals surface area contributed by atoms with Gasteiger partial charge in [0, 0.05) is 11.0 Å². The molecule has 21 heavy (non-hydrogen) atoms. The van der Waals surface area contributed by atoms with Crippen molar-refractivity contribution in [3.63, 3.8) is 0 Å². The first-order valence-electron chi connectivity index (χ1n) is 7.75. The highest BCUT2D eigenvalue weighted by Gasteiger charge is 2.55. The Morgan fingerprint density at radius 1 is 1.29 bits per heavy atom. The molecule has 0 saturated carbocycles. The van der Waals surface area contributed by atoms with E-state index in [1.807, 2.05) is 18.2 Å². The Labute approximate surface area is 135 Å². The Morgan fingerprint density at radius 3 is 2.71 bits per heavy atom. The van der Waals surface area contributed by atoms with E-state index in [0.29, 0.717) is 6.54 Å². The van der Waals surface area contributed by atoms with Crippen LogP contribution in [-0.2, 0) is 11.3 Å². The first-order chi connectivity index (χ1) is 10.0. The van der Waals surface area contributed by atoms with Crippen LogP contribution in [0.1, 0.15) is 45.1 Å². The van der Waals surface area contributed by atoms with Gasteiger partial charge in [0.15, 0.2) is 0 Å². The molecular weight excluding hydrogens is 326 g/mol. The highest BCUT2D eigenvalue weighted by atomic mass is 79.9. The number of carbonyl (C=O) groups excluding carboxylic acids is 1. The summed E-state index contributed by atoms with van der Waals surface area (Å²) < 4.78 is 1.08. The van der Waals surface area contributed by atoms with Gasteiger partial charge in [-0.25, -0.2) is 0 Å². The summed E-state index contributed by atoms with van der Waals surface area (Å²) in [4.78, 5) is 14.6. The van der Waals surface area contributed by atoms with E-state index in [1.165, 1.54) is 30.4 Å². The number of carbonyl (C=O) groups is 1. The lowest BCUT2D eigenvalue weighted by Gasteiger charge is -2.54. The Balaban J connectivity index is 1.85. The number of halogens is 1. The molecule has 112 valence electrons. The van der Waals surface area contributed by atoms with E-state index in [4.69, 9.17) is 0 Å². The Hall–Kier alpha value is -1.09. The maximum absolute atomic E-state index is 12.5. The van der Waals surface area contributed by atoms with Gasteiger partial charge in [0.05, 0.1) is 11.5 Å². The van der Waals surface area contributed by atoms with Crippen molar-refractivity contribution in [1.82, 2.24) is 4.90 Å². The molecule has 0 N–H and O–H groups in total. The molecule has 1 aromatic rings. The van der Waals surface area contributed by atoms with E-state index in [0.717, 1.165) is 10.9 Å². The number of allylic oxidation sites excluding steroid dienone is 1. The highest BCUT2D eigenvalue weighted by Crippen LogP contribution is 2.45. The van der Waals surface area contributed by atoms with Crippen molar-refractivity contribution in [3.05, 3.63) is 46.0 Å². The lowest BCUT2D eigenvalue weighted by molar-refractivity contribution is -0.166. The van der Waals surface area contributed by atoms with Crippen molar-refractivity contribution in [2.45, 2.75) is 52.1 Å². The number of benzene rings is 1. The second-order valence-corrected chi connectivity index (χ2v) is 7.53. The monoisotopic (exact) mass is 347 g/mol. The van der Waals surface area contributed by atoms with E-state index < -0.39 is 0 Å². The number of amides is 1. The summed E-state index contributed by atoms with van der Waals surface area (Å²) in [6.45, 7) is 4.88. The molecule has 1 unspecified atom stereocenters. The molecule has 2 aliphatic rings. The standard InChI is InChI=1S/C18H22BrNO/c1-18(2)16(13-8-4-3-5-9-13)20(17(18)21)12-14-10-6-7-11-15(14)19/h6-8,10-11,16H,3-5,9,12H2,1-2H3. The van der Waals surface area contributed by atoms with Gasteiger partial charge >= 0.3 is 0 Å². The molecule has 1 amide bonds. The molecule has 1 saturated heterocycles. The third-order valence-corrected chi connectivity index (χ3v) is 5.56. The molecule has 0 bridgehead atoms. The van der Waals surface area contributed by atoms with Gasteiger partial charge in [0.1, 0.15) is 0 Å². The average Bonchev–Trinajstić information content (AvgIpc) is 2.49. The fourth-order valence-electron chi connectivity index (χ4n) is 3.68. The van der Waals surface area contributed by atoms with Crippen LogP contribution in [0.5, 0.6) is 0 Å². The normalized spacial score (nSPS) is 24.5. The molecule has 1 heterocycles. The van der Waals surface area contributed by atoms with Crippen molar-refractivity contribution < 1.29 is 4.79 Å². The summed E-state index contributed by atoms with van der Waals surface area (Å²) in [5.74, 6) is 0.273. The van der Waals surface area contributed by atoms with Crippen LogP contribution in [0.3, 0.4) is 0 Å². The van der Waals surface area contributed by atoms with Crippen LogP contribution in [0.25, 0.3) is 0 Å². The number of nitrogens with zero attached hydrogens (tertiary/aromatic N) is 1. The summed E-state index contributed by atoms with van der Waals surface area (Å²) in [7, 11) is 0. The predicted molar refractivity (Wildman–Crippen MR) is 88.8 cm³/mol. The number of β-lactam (4-membered cyclic amide) rings is 1. The molecule has 0 radical (unpaired) electrons. The van der Waals surface area contributed by atoms with Gasteiger partial charge < -0.3 is 4.90 Å². The van der Waals surface area contributed by atoms with Crippen molar-refractivity contribution in [2.75, 3.05) is 0 Å². The summed E-state index contributed by atoms with van der Waals surface area (Å²) in [6, 6.07) is 8.45. The molecule has 3 rings (SSSR count). The van der Waals surface area contributed by atoms with Crippen LogP contribution < -0.4 is 0 Å². The van der Waals surface area contributed by atoms with E-state index in [-0.39, 0.29) is 17.4 Å². The lowest BCUT2D eigenvalue weighted by Crippen LogP contribution is -2.66. The molecule has 2 nitrogen and oxygen atoms in total. The van der Waals surface area contributed by atoms with Gasteiger partial charge in [0.25, 0.3) is 0 Å². The van der Waals surface area contributed by atoms with Crippen molar-refractivity contribution in [3.8, 4) is 0 Å². The quantitative estimate of drug-likeness (QED) is 0.573. The minimum atomic E-state index is -0.246. The van der Waals surface area contributed by atoms with Crippen LogP contribution in [0.15, 0.2) is 40.4 Å². The molecule has 1 fully saturated rings. The first kappa shape index (κ1) is 14.8. The maximum Gasteiger partial charge on any atom is 0.231 e. The lowest BCUT2D eigenvalue weighted by atomic mass is 9.68. The van der Waals surface area contributed by atoms with E-state index in [2.05, 4.69) is 46.8 Å². The van der Waals surface area contributed by atoms with Crippen LogP contribution in [-0.4, -0.2) is 16.8 Å². The zero-order chi connectivity index (χ0) is 15.0. The van der Waals surface area contributed by atoms with Gasteiger partial charge in [-0.15, -0.1) is 0 Å². The summed E-state index contributed by atoms with van der Waals surface area (Å²) in [5, 5.41) is 0. The second-order valence-electron chi connectivity index (χ2n) is 6.67.